The molecule has 0 aliphatic carbocycles. The average Bonchev–Trinajstić information content (AvgIpc) is 3.33. The maximum absolute atomic E-state index is 13.9. The van der Waals surface area contributed by atoms with Crippen molar-refractivity contribution in [2.45, 2.75) is 26.5 Å². The summed E-state index contributed by atoms with van der Waals surface area (Å²) in [6, 6.07) is 18.2. The number of carboxylic acid groups (broad SMARTS) is 1. The van der Waals surface area contributed by atoms with Gasteiger partial charge in [-0.1, -0.05) is 41.7 Å². The van der Waals surface area contributed by atoms with E-state index in [9.17, 15) is 19.5 Å². The van der Waals surface area contributed by atoms with E-state index in [0.29, 0.717) is 54.5 Å². The van der Waals surface area contributed by atoms with Crippen LogP contribution in [0.1, 0.15) is 46.9 Å². The lowest BCUT2D eigenvalue weighted by molar-refractivity contribution is -0.139. The van der Waals surface area contributed by atoms with E-state index in [0.717, 1.165) is 0 Å². The Kier molecular flexibility index (Phi) is 8.96. The zero-order valence-electron chi connectivity index (χ0n) is 24.5. The van der Waals surface area contributed by atoms with Crippen LogP contribution in [0.5, 0.6) is 17.2 Å². The lowest BCUT2D eigenvalue weighted by Crippen LogP contribution is -2.39. The average molecular weight is 615 g/mol. The number of esters is 1. The third-order valence-corrected chi connectivity index (χ3v) is 7.99. The van der Waals surface area contributed by atoms with Crippen molar-refractivity contribution in [1.29, 1.82) is 0 Å². The van der Waals surface area contributed by atoms with Gasteiger partial charge in [-0.05, 0) is 73.0 Å². The molecule has 0 radical (unpaired) electrons. The first-order valence-corrected chi connectivity index (χ1v) is 14.5. The van der Waals surface area contributed by atoms with Crippen LogP contribution in [0.4, 0.5) is 0 Å². The number of nitrogens with zero attached hydrogens (tertiary/aromatic N) is 2. The molecule has 1 aromatic heterocycles. The second kappa shape index (κ2) is 13.0. The predicted molar refractivity (Wildman–Crippen MR) is 164 cm³/mol. The summed E-state index contributed by atoms with van der Waals surface area (Å²) in [5.41, 5.74) is 2.75. The third-order valence-electron chi connectivity index (χ3n) is 7.00. The molecule has 5 rings (SSSR count). The lowest BCUT2D eigenvalue weighted by Gasteiger charge is -2.24. The molecule has 0 saturated heterocycles. The number of methoxy groups -OCH3 is 2. The maximum atomic E-state index is 13.9. The number of carboxylic acids is 1. The Balaban J connectivity index is 1.51. The van der Waals surface area contributed by atoms with Gasteiger partial charge in [-0.3, -0.25) is 9.36 Å². The van der Waals surface area contributed by atoms with Gasteiger partial charge in [-0.2, -0.15) is 0 Å². The van der Waals surface area contributed by atoms with E-state index in [4.69, 9.17) is 18.9 Å². The first-order chi connectivity index (χ1) is 21.2. The van der Waals surface area contributed by atoms with Crippen molar-refractivity contribution in [2.24, 2.45) is 4.99 Å². The van der Waals surface area contributed by atoms with Crippen LogP contribution in [0.2, 0.25) is 0 Å². The van der Waals surface area contributed by atoms with Crippen LogP contribution in [-0.4, -0.2) is 42.4 Å². The van der Waals surface area contributed by atoms with Gasteiger partial charge in [0, 0.05) is 0 Å². The Morgan fingerprint density at radius 2 is 1.80 bits per heavy atom. The number of hydrogen-bond donors (Lipinski definition) is 1. The molecule has 0 amide bonds. The van der Waals surface area contributed by atoms with Gasteiger partial charge in [0.15, 0.2) is 16.3 Å². The van der Waals surface area contributed by atoms with Crippen molar-refractivity contribution in [1.82, 2.24) is 4.57 Å². The molecule has 3 aromatic carbocycles. The number of benzene rings is 3. The zero-order valence-corrected chi connectivity index (χ0v) is 25.3. The predicted octanol–water partition coefficient (Wildman–Crippen LogP) is 4.09. The molecule has 1 atom stereocenters. The molecule has 2 heterocycles. The molecule has 0 spiro atoms. The Morgan fingerprint density at radius 3 is 2.48 bits per heavy atom. The molecule has 11 heteroatoms. The first kappa shape index (κ1) is 30.3. The Morgan fingerprint density at radius 1 is 1.02 bits per heavy atom. The normalized spacial score (nSPS) is 14.5. The number of carbonyl (C=O) groups is 2. The molecular formula is C33H30N2O8S. The van der Waals surface area contributed by atoms with E-state index >= 15 is 0 Å². The number of fused-ring (bicyclic) bond motifs is 1. The summed E-state index contributed by atoms with van der Waals surface area (Å²) in [6.45, 7) is 3.79. The highest BCUT2D eigenvalue weighted by Crippen LogP contribution is 2.32. The smallest absolute Gasteiger partial charge is 0.338 e. The van der Waals surface area contributed by atoms with E-state index in [2.05, 4.69) is 4.99 Å². The summed E-state index contributed by atoms with van der Waals surface area (Å²) < 4.78 is 24.1. The molecule has 1 aliphatic heterocycles. The van der Waals surface area contributed by atoms with Crippen molar-refractivity contribution in [3.8, 4) is 17.2 Å². The van der Waals surface area contributed by atoms with E-state index in [1.165, 1.54) is 29.1 Å². The monoisotopic (exact) mass is 614 g/mol. The first-order valence-electron chi connectivity index (χ1n) is 13.7. The number of rotatable bonds is 10. The fraction of sp³-hybridized carbons (Fsp3) is 0.212. The highest BCUT2D eigenvalue weighted by atomic mass is 32.1. The minimum Gasteiger partial charge on any atom is -0.497 e. The molecule has 10 nitrogen and oxygen atoms in total. The highest BCUT2D eigenvalue weighted by Gasteiger charge is 2.33. The molecular weight excluding hydrogens is 584 g/mol. The maximum Gasteiger partial charge on any atom is 0.338 e. The van der Waals surface area contributed by atoms with Crippen molar-refractivity contribution < 1.29 is 33.6 Å². The van der Waals surface area contributed by atoms with E-state index in [1.54, 1.807) is 75.6 Å². The van der Waals surface area contributed by atoms with Crippen LogP contribution >= 0.6 is 11.3 Å². The second-order valence-electron chi connectivity index (χ2n) is 9.78. The summed E-state index contributed by atoms with van der Waals surface area (Å²) in [5.74, 6) is 0.00808. The molecule has 1 N–H and O–H groups in total. The van der Waals surface area contributed by atoms with Crippen molar-refractivity contribution >= 4 is 29.4 Å². The van der Waals surface area contributed by atoms with Gasteiger partial charge in [0.2, 0.25) is 0 Å². The quantitative estimate of drug-likeness (QED) is 0.265. The lowest BCUT2D eigenvalue weighted by atomic mass is 9.96. The van der Waals surface area contributed by atoms with Gasteiger partial charge in [-0.15, -0.1) is 0 Å². The molecule has 1 aliphatic rings. The van der Waals surface area contributed by atoms with E-state index < -0.39 is 18.0 Å². The Hall–Kier alpha value is -5.16. The fourth-order valence-corrected chi connectivity index (χ4v) is 5.94. The van der Waals surface area contributed by atoms with Crippen molar-refractivity contribution in [3.63, 3.8) is 0 Å². The minimum atomic E-state index is -1.01. The number of allylic oxidation sites excluding steroid dienone is 1. The summed E-state index contributed by atoms with van der Waals surface area (Å²) in [6.07, 6.45) is 1.74. The van der Waals surface area contributed by atoms with E-state index in [1.807, 2.05) is 12.1 Å². The summed E-state index contributed by atoms with van der Waals surface area (Å²) in [5, 5.41) is 9.24. The van der Waals surface area contributed by atoms with Crippen molar-refractivity contribution in [3.05, 3.63) is 120 Å². The van der Waals surface area contributed by atoms with Gasteiger partial charge in [0.1, 0.15) is 12.4 Å². The molecule has 44 heavy (non-hydrogen) atoms. The molecule has 0 fully saturated rings. The van der Waals surface area contributed by atoms with Crippen LogP contribution in [0.25, 0.3) is 6.08 Å². The van der Waals surface area contributed by atoms with Gasteiger partial charge < -0.3 is 24.1 Å². The Labute approximate surface area is 256 Å². The van der Waals surface area contributed by atoms with E-state index in [-0.39, 0.29) is 24.3 Å². The van der Waals surface area contributed by atoms with Crippen LogP contribution in [0.15, 0.2) is 87.8 Å². The SMILES string of the molecule is CCOC(=O)C1=C(C)N=c2s/c(=C\c3ccc(OCc4cccc(C(=O)O)c4)c(OC)c3)c(=O)n2[C@H]1c1ccc(OC)cc1. The summed E-state index contributed by atoms with van der Waals surface area (Å²) in [7, 11) is 3.08. The van der Waals surface area contributed by atoms with Crippen LogP contribution in [0, 0.1) is 0 Å². The summed E-state index contributed by atoms with van der Waals surface area (Å²) >= 11 is 1.22. The second-order valence-corrected chi connectivity index (χ2v) is 10.8. The van der Waals surface area contributed by atoms with Gasteiger partial charge in [0.05, 0.1) is 48.2 Å². The van der Waals surface area contributed by atoms with Gasteiger partial charge in [-0.25, -0.2) is 14.6 Å². The summed E-state index contributed by atoms with van der Waals surface area (Å²) in [4.78, 5) is 43.4. The number of aromatic nitrogens is 1. The Bertz CT molecular complexity index is 1940. The fourth-order valence-electron chi connectivity index (χ4n) is 4.89. The van der Waals surface area contributed by atoms with Crippen LogP contribution in [-0.2, 0) is 16.1 Å². The number of hydrogen-bond acceptors (Lipinski definition) is 9. The number of thiazole rings is 1. The number of ether oxygens (including phenoxy) is 4. The van der Waals surface area contributed by atoms with Gasteiger partial charge >= 0.3 is 11.9 Å². The van der Waals surface area contributed by atoms with Gasteiger partial charge in [0.25, 0.3) is 5.56 Å². The largest absolute Gasteiger partial charge is 0.497 e. The molecule has 4 aromatic rings. The number of aromatic carboxylic acids is 1. The minimum absolute atomic E-state index is 0.142. The zero-order chi connectivity index (χ0) is 31.4. The standard InChI is InChI=1S/C33H30N2O8S/c1-5-42-32(39)28-19(2)34-33-35(29(28)22-10-12-24(40-3)13-11-22)30(36)27(44-33)17-20-9-14-25(26(16-20)41-4)43-18-21-7-6-8-23(15-21)31(37)38/h6-17,29H,5,18H2,1-4H3,(H,37,38)/b27-17-/t29-/m0/s1. The van der Waals surface area contributed by atoms with Crippen LogP contribution < -0.4 is 29.1 Å². The third kappa shape index (κ3) is 6.13. The topological polar surface area (TPSA) is 126 Å². The van der Waals surface area contributed by atoms with Crippen molar-refractivity contribution in [2.75, 3.05) is 20.8 Å². The van der Waals surface area contributed by atoms with Crippen LogP contribution in [0.3, 0.4) is 0 Å². The molecule has 0 saturated carbocycles. The molecule has 226 valence electrons. The highest BCUT2D eigenvalue weighted by molar-refractivity contribution is 7.07. The molecule has 0 bridgehead atoms. The number of carbonyl (C=O) groups excluding carboxylic acids is 1. The molecule has 0 unspecified atom stereocenters.